The van der Waals surface area contributed by atoms with E-state index >= 15 is 0 Å². The first-order valence-electron chi connectivity index (χ1n) is 5.63. The Hall–Kier alpha value is -2.33. The molecular formula is C12H15N3O4. The van der Waals surface area contributed by atoms with E-state index in [9.17, 15) is 9.59 Å². The summed E-state index contributed by atoms with van der Waals surface area (Å²) in [6, 6.07) is 1.12. The maximum Gasteiger partial charge on any atom is 0.320 e. The summed E-state index contributed by atoms with van der Waals surface area (Å²) in [5.41, 5.74) is 0.946. The van der Waals surface area contributed by atoms with Gasteiger partial charge in [0.15, 0.2) is 0 Å². The molecule has 1 amide bonds. The molecule has 1 atom stereocenters. The Morgan fingerprint density at radius 2 is 2.11 bits per heavy atom. The first-order chi connectivity index (χ1) is 8.86. The lowest BCUT2D eigenvalue weighted by Crippen LogP contribution is -2.39. The Morgan fingerprint density at radius 1 is 1.47 bits per heavy atom. The Labute approximate surface area is 110 Å². The van der Waals surface area contributed by atoms with Crippen molar-refractivity contribution in [3.8, 4) is 6.07 Å². The monoisotopic (exact) mass is 265 g/mol. The van der Waals surface area contributed by atoms with E-state index in [-0.39, 0.29) is 18.0 Å². The molecular weight excluding hydrogens is 250 g/mol. The number of aliphatic carboxylic acids is 1. The third-order valence-corrected chi connectivity index (χ3v) is 2.69. The number of furan rings is 1. The Morgan fingerprint density at radius 3 is 2.63 bits per heavy atom. The zero-order valence-electron chi connectivity index (χ0n) is 10.9. The molecule has 7 nitrogen and oxygen atoms in total. The molecule has 0 aromatic carbocycles. The van der Waals surface area contributed by atoms with Gasteiger partial charge in [0, 0.05) is 5.56 Å². The fraction of sp³-hybridized carbons (Fsp3) is 0.417. The minimum absolute atomic E-state index is 0.0901. The lowest BCUT2D eigenvalue weighted by atomic mass is 10.2. The van der Waals surface area contributed by atoms with Gasteiger partial charge in [-0.05, 0) is 20.8 Å². The number of nitrogens with one attached hydrogen (secondary N) is 2. The number of nitriles is 1. The van der Waals surface area contributed by atoms with Gasteiger partial charge in [0.2, 0.25) is 11.8 Å². The number of carboxylic acids is 1. The van der Waals surface area contributed by atoms with Crippen LogP contribution in [0.25, 0.3) is 0 Å². The van der Waals surface area contributed by atoms with E-state index in [4.69, 9.17) is 14.8 Å². The summed E-state index contributed by atoms with van der Waals surface area (Å²) in [4.78, 5) is 22.2. The van der Waals surface area contributed by atoms with Crippen molar-refractivity contribution in [2.75, 3.05) is 11.9 Å². The zero-order chi connectivity index (χ0) is 14.6. The van der Waals surface area contributed by atoms with E-state index in [0.717, 1.165) is 0 Å². The highest BCUT2D eigenvalue weighted by atomic mass is 16.4. The van der Waals surface area contributed by atoms with Crippen LogP contribution in [0, 0.1) is 25.2 Å². The fourth-order valence-corrected chi connectivity index (χ4v) is 1.35. The fourth-order valence-electron chi connectivity index (χ4n) is 1.35. The van der Waals surface area contributed by atoms with Crippen LogP contribution in [0.15, 0.2) is 4.42 Å². The van der Waals surface area contributed by atoms with Crippen LogP contribution < -0.4 is 10.6 Å². The zero-order valence-corrected chi connectivity index (χ0v) is 10.9. The van der Waals surface area contributed by atoms with Crippen LogP contribution in [0.2, 0.25) is 0 Å². The third kappa shape index (κ3) is 3.56. The molecule has 1 aromatic heterocycles. The summed E-state index contributed by atoms with van der Waals surface area (Å²) in [7, 11) is 0. The molecule has 102 valence electrons. The standard InChI is InChI=1S/C12H15N3O4/c1-6-8(3)19-11(9(6)4-13)15-10(16)5-14-7(2)12(17)18/h7,14H,5H2,1-3H3,(H,15,16)(H,17,18)/t7-/m1/s1. The highest BCUT2D eigenvalue weighted by Crippen LogP contribution is 2.24. The van der Waals surface area contributed by atoms with Gasteiger partial charge in [-0.1, -0.05) is 0 Å². The predicted octanol–water partition coefficient (Wildman–Crippen LogP) is 0.769. The molecule has 0 saturated carbocycles. The summed E-state index contributed by atoms with van der Waals surface area (Å²) >= 11 is 0. The molecule has 19 heavy (non-hydrogen) atoms. The van der Waals surface area contributed by atoms with E-state index in [1.54, 1.807) is 13.8 Å². The summed E-state index contributed by atoms with van der Waals surface area (Å²) < 4.78 is 5.26. The van der Waals surface area contributed by atoms with E-state index in [2.05, 4.69) is 10.6 Å². The SMILES string of the molecule is Cc1oc(NC(=O)CN[C@H](C)C(=O)O)c(C#N)c1C. The first-order valence-corrected chi connectivity index (χ1v) is 5.63. The van der Waals surface area contributed by atoms with Crippen molar-refractivity contribution in [2.45, 2.75) is 26.8 Å². The molecule has 7 heteroatoms. The molecule has 0 bridgehead atoms. The van der Waals surface area contributed by atoms with Gasteiger partial charge in [0.05, 0.1) is 6.54 Å². The van der Waals surface area contributed by atoms with Gasteiger partial charge >= 0.3 is 5.97 Å². The van der Waals surface area contributed by atoms with Crippen molar-refractivity contribution < 1.29 is 19.1 Å². The molecule has 0 aliphatic heterocycles. The Kier molecular flexibility index (Phi) is 4.67. The predicted molar refractivity (Wildman–Crippen MR) is 66.6 cm³/mol. The van der Waals surface area contributed by atoms with Crippen molar-refractivity contribution >= 4 is 17.8 Å². The molecule has 0 unspecified atom stereocenters. The number of hydrogen-bond acceptors (Lipinski definition) is 5. The molecule has 0 spiro atoms. The molecule has 1 heterocycles. The number of aryl methyl sites for hydroxylation is 1. The molecule has 0 aliphatic carbocycles. The van der Waals surface area contributed by atoms with Crippen LogP contribution in [0.5, 0.6) is 0 Å². The van der Waals surface area contributed by atoms with Gasteiger partial charge in [-0.15, -0.1) is 0 Å². The van der Waals surface area contributed by atoms with Crippen molar-refractivity contribution in [3.63, 3.8) is 0 Å². The summed E-state index contributed by atoms with van der Waals surface area (Å²) in [5.74, 6) is -0.875. The van der Waals surface area contributed by atoms with Crippen LogP contribution in [0.1, 0.15) is 23.8 Å². The van der Waals surface area contributed by atoms with Crippen molar-refractivity contribution in [3.05, 3.63) is 16.9 Å². The van der Waals surface area contributed by atoms with Crippen LogP contribution in [-0.2, 0) is 9.59 Å². The van der Waals surface area contributed by atoms with Crippen molar-refractivity contribution in [1.29, 1.82) is 5.26 Å². The number of nitrogens with zero attached hydrogens (tertiary/aromatic N) is 1. The van der Waals surface area contributed by atoms with Crippen LogP contribution >= 0.6 is 0 Å². The molecule has 0 saturated heterocycles. The minimum Gasteiger partial charge on any atom is -0.480 e. The van der Waals surface area contributed by atoms with E-state index < -0.39 is 17.9 Å². The second-order valence-corrected chi connectivity index (χ2v) is 4.09. The second-order valence-electron chi connectivity index (χ2n) is 4.09. The maximum absolute atomic E-state index is 11.6. The number of rotatable bonds is 5. The van der Waals surface area contributed by atoms with Gasteiger partial charge in [-0.3, -0.25) is 20.2 Å². The highest BCUT2D eigenvalue weighted by molar-refractivity contribution is 5.92. The largest absolute Gasteiger partial charge is 0.480 e. The number of hydrogen-bond donors (Lipinski definition) is 3. The van der Waals surface area contributed by atoms with Crippen molar-refractivity contribution in [1.82, 2.24) is 5.32 Å². The Balaban J connectivity index is 2.66. The van der Waals surface area contributed by atoms with E-state index in [1.807, 2.05) is 6.07 Å². The summed E-state index contributed by atoms with van der Waals surface area (Å²) in [6.45, 7) is 4.66. The van der Waals surface area contributed by atoms with E-state index in [0.29, 0.717) is 11.3 Å². The molecule has 1 rings (SSSR count). The van der Waals surface area contributed by atoms with Crippen molar-refractivity contribution in [2.24, 2.45) is 0 Å². The van der Waals surface area contributed by atoms with Gasteiger partial charge in [0.25, 0.3) is 0 Å². The number of carbonyl (C=O) groups is 2. The van der Waals surface area contributed by atoms with Gasteiger partial charge in [-0.25, -0.2) is 0 Å². The average molecular weight is 265 g/mol. The van der Waals surface area contributed by atoms with Gasteiger partial charge in [-0.2, -0.15) is 5.26 Å². The number of anilines is 1. The molecule has 0 aliphatic rings. The van der Waals surface area contributed by atoms with Crippen LogP contribution in [0.4, 0.5) is 5.88 Å². The maximum atomic E-state index is 11.6. The highest BCUT2D eigenvalue weighted by Gasteiger charge is 2.17. The summed E-state index contributed by atoms with van der Waals surface area (Å²) in [6.07, 6.45) is 0. The normalized spacial score (nSPS) is 11.7. The topological polar surface area (TPSA) is 115 Å². The number of carboxylic acid groups (broad SMARTS) is 1. The average Bonchev–Trinajstić information content (AvgIpc) is 2.61. The van der Waals surface area contributed by atoms with E-state index in [1.165, 1.54) is 6.92 Å². The minimum atomic E-state index is -1.05. The summed E-state index contributed by atoms with van der Waals surface area (Å²) in [5, 5.41) is 22.6. The Bertz CT molecular complexity index is 542. The lowest BCUT2D eigenvalue weighted by Gasteiger charge is -2.08. The smallest absolute Gasteiger partial charge is 0.320 e. The molecule has 1 aromatic rings. The second kappa shape index (κ2) is 6.02. The first kappa shape index (κ1) is 14.7. The molecule has 0 fully saturated rings. The number of amides is 1. The van der Waals surface area contributed by atoms with Crippen LogP contribution in [0.3, 0.4) is 0 Å². The van der Waals surface area contributed by atoms with Gasteiger partial charge < -0.3 is 9.52 Å². The quantitative estimate of drug-likeness (QED) is 0.724. The third-order valence-electron chi connectivity index (χ3n) is 2.69. The lowest BCUT2D eigenvalue weighted by molar-refractivity contribution is -0.139. The van der Waals surface area contributed by atoms with Crippen LogP contribution in [-0.4, -0.2) is 29.6 Å². The van der Waals surface area contributed by atoms with Gasteiger partial charge in [0.1, 0.15) is 23.4 Å². The molecule has 0 radical (unpaired) electrons. The molecule has 3 N–H and O–H groups in total. The number of carbonyl (C=O) groups excluding carboxylic acids is 1.